The zero-order valence-electron chi connectivity index (χ0n) is 18.1. The number of nitrogens with zero attached hydrogens (tertiary/aromatic N) is 1. The Morgan fingerprint density at radius 3 is 2.62 bits per heavy atom. The van der Waals surface area contributed by atoms with Crippen LogP contribution in [-0.2, 0) is 39.9 Å². The number of fused-ring (bicyclic) bond motifs is 2. The average Bonchev–Trinajstić information content (AvgIpc) is 3.29. The lowest BCUT2D eigenvalue weighted by Gasteiger charge is -2.38. The third-order valence-electron chi connectivity index (χ3n) is 6.30. The third kappa shape index (κ3) is 3.63. The van der Waals surface area contributed by atoms with Gasteiger partial charge in [-0.15, -0.1) is 6.58 Å². The van der Waals surface area contributed by atoms with Crippen LogP contribution < -0.4 is 0 Å². The lowest BCUT2D eigenvalue weighted by Crippen LogP contribution is -2.54. The van der Waals surface area contributed by atoms with Gasteiger partial charge in [0.1, 0.15) is 31.1 Å². The van der Waals surface area contributed by atoms with Crippen molar-refractivity contribution in [1.82, 2.24) is 4.90 Å². The van der Waals surface area contributed by atoms with E-state index in [1.165, 1.54) is 7.11 Å². The van der Waals surface area contributed by atoms with Crippen LogP contribution in [0.25, 0.3) is 0 Å². The topological polar surface area (TPSA) is 91.4 Å². The van der Waals surface area contributed by atoms with Gasteiger partial charge in [-0.2, -0.15) is 0 Å². The first-order valence-corrected chi connectivity index (χ1v) is 10.6. The maximum absolute atomic E-state index is 13.3. The Morgan fingerprint density at radius 1 is 1.22 bits per heavy atom. The van der Waals surface area contributed by atoms with Gasteiger partial charge in [-0.05, 0) is 18.9 Å². The molecule has 32 heavy (non-hydrogen) atoms. The van der Waals surface area contributed by atoms with E-state index in [2.05, 4.69) is 6.58 Å². The fourth-order valence-electron chi connectivity index (χ4n) is 4.75. The van der Waals surface area contributed by atoms with Crippen molar-refractivity contribution in [3.8, 4) is 0 Å². The van der Waals surface area contributed by atoms with E-state index in [4.69, 9.17) is 18.9 Å². The fraction of sp³-hybridized carbons (Fsp3) is 0.458. The van der Waals surface area contributed by atoms with Crippen molar-refractivity contribution in [3.05, 3.63) is 60.2 Å². The van der Waals surface area contributed by atoms with Crippen LogP contribution in [0.15, 0.2) is 54.6 Å². The zero-order valence-corrected chi connectivity index (χ0v) is 18.1. The van der Waals surface area contributed by atoms with Crippen molar-refractivity contribution in [3.63, 3.8) is 0 Å². The standard InChI is InChI=1S/C24H27NO7/c1-4-8-18-24(13-26)21(29-3)20(31-18)19(32-24)17-11-15(2)22(27)25(23(17)28)14-30-12-16-9-6-5-7-10-16/h4-7,9-11,13,17-21H,1,8,12,14H2,2-3H3/t17?,18-,19+,20+,21+,24+/m1/s1. The summed E-state index contributed by atoms with van der Waals surface area (Å²) in [7, 11) is 1.48. The van der Waals surface area contributed by atoms with Crippen LogP contribution in [0.3, 0.4) is 0 Å². The zero-order chi connectivity index (χ0) is 22.9. The highest BCUT2D eigenvalue weighted by atomic mass is 16.7. The molecule has 1 aromatic carbocycles. The van der Waals surface area contributed by atoms with Crippen molar-refractivity contribution < 1.29 is 33.3 Å². The molecule has 3 aliphatic rings. The predicted molar refractivity (Wildman–Crippen MR) is 113 cm³/mol. The van der Waals surface area contributed by atoms with Gasteiger partial charge in [0.15, 0.2) is 11.9 Å². The minimum Gasteiger partial charge on any atom is -0.375 e. The Bertz CT molecular complexity index is 930. The molecule has 2 fully saturated rings. The molecule has 1 unspecified atom stereocenters. The first kappa shape index (κ1) is 22.5. The van der Waals surface area contributed by atoms with E-state index < -0.39 is 47.7 Å². The van der Waals surface area contributed by atoms with E-state index in [0.29, 0.717) is 18.3 Å². The minimum atomic E-state index is -1.32. The smallest absolute Gasteiger partial charge is 0.257 e. The van der Waals surface area contributed by atoms with Gasteiger partial charge in [-0.1, -0.05) is 42.5 Å². The molecule has 0 aromatic heterocycles. The molecule has 170 valence electrons. The number of hydrogen-bond donors (Lipinski definition) is 0. The Hall–Kier alpha value is -2.65. The largest absolute Gasteiger partial charge is 0.375 e. The summed E-state index contributed by atoms with van der Waals surface area (Å²) in [5, 5.41) is 0. The first-order valence-electron chi connectivity index (χ1n) is 10.6. The maximum Gasteiger partial charge on any atom is 0.257 e. The van der Waals surface area contributed by atoms with Crippen molar-refractivity contribution in [2.45, 2.75) is 50.0 Å². The monoisotopic (exact) mass is 441 g/mol. The van der Waals surface area contributed by atoms with Gasteiger partial charge < -0.3 is 18.9 Å². The quantitative estimate of drug-likeness (QED) is 0.328. The Kier molecular flexibility index (Phi) is 6.39. The first-order chi connectivity index (χ1) is 15.5. The summed E-state index contributed by atoms with van der Waals surface area (Å²) in [4.78, 5) is 39.1. The Labute approximate surface area is 186 Å². The number of carbonyl (C=O) groups excluding carboxylic acids is 3. The molecule has 1 aromatic rings. The second-order valence-corrected chi connectivity index (χ2v) is 8.23. The summed E-state index contributed by atoms with van der Waals surface area (Å²) in [6.45, 7) is 5.43. The van der Waals surface area contributed by atoms with E-state index >= 15 is 0 Å². The fourth-order valence-corrected chi connectivity index (χ4v) is 4.75. The van der Waals surface area contributed by atoms with E-state index in [0.717, 1.165) is 10.5 Å². The number of carbonyl (C=O) groups is 3. The number of aldehydes is 1. The second kappa shape index (κ2) is 9.07. The highest BCUT2D eigenvalue weighted by Gasteiger charge is 2.69. The van der Waals surface area contributed by atoms with Gasteiger partial charge in [0.05, 0.1) is 12.5 Å². The molecule has 0 saturated carbocycles. The third-order valence-corrected chi connectivity index (χ3v) is 6.30. The molecule has 2 bridgehead atoms. The normalized spacial score (nSPS) is 34.0. The van der Waals surface area contributed by atoms with E-state index in [9.17, 15) is 14.4 Å². The molecule has 4 rings (SSSR count). The summed E-state index contributed by atoms with van der Waals surface area (Å²) in [5.41, 5.74) is 0.0133. The van der Waals surface area contributed by atoms with Crippen LogP contribution in [0.5, 0.6) is 0 Å². The van der Waals surface area contributed by atoms with Crippen LogP contribution in [0, 0.1) is 5.92 Å². The number of hydrogen-bond acceptors (Lipinski definition) is 7. The molecule has 3 aliphatic heterocycles. The summed E-state index contributed by atoms with van der Waals surface area (Å²) in [6.07, 6.45) is 1.75. The predicted octanol–water partition coefficient (Wildman–Crippen LogP) is 1.79. The molecule has 0 radical (unpaired) electrons. The number of rotatable bonds is 9. The molecule has 6 atom stereocenters. The van der Waals surface area contributed by atoms with Gasteiger partial charge in [0, 0.05) is 12.7 Å². The highest BCUT2D eigenvalue weighted by Crippen LogP contribution is 2.49. The molecule has 8 nitrogen and oxygen atoms in total. The molecular weight excluding hydrogens is 414 g/mol. The van der Waals surface area contributed by atoms with Crippen LogP contribution in [-0.4, -0.2) is 66.9 Å². The summed E-state index contributed by atoms with van der Waals surface area (Å²) < 4.78 is 23.5. The second-order valence-electron chi connectivity index (χ2n) is 8.23. The molecule has 0 aliphatic carbocycles. The van der Waals surface area contributed by atoms with Gasteiger partial charge in [-0.3, -0.25) is 19.3 Å². The van der Waals surface area contributed by atoms with Crippen molar-refractivity contribution in [2.75, 3.05) is 13.8 Å². The number of methoxy groups -OCH3 is 1. The summed E-state index contributed by atoms with van der Waals surface area (Å²) >= 11 is 0. The molecule has 0 N–H and O–H groups in total. The van der Waals surface area contributed by atoms with Crippen LogP contribution >= 0.6 is 0 Å². The molecule has 2 saturated heterocycles. The maximum atomic E-state index is 13.3. The SMILES string of the molecule is C=CC[C@H]1O[C@H]2[C@H](C3C=C(C)C(=O)N(COCc4ccccc4)C3=O)O[C@]1(C=O)[C@H]2OC. The highest BCUT2D eigenvalue weighted by molar-refractivity contribution is 6.08. The average molecular weight is 441 g/mol. The van der Waals surface area contributed by atoms with E-state index in [-0.39, 0.29) is 13.3 Å². The molecule has 8 heteroatoms. The van der Waals surface area contributed by atoms with Crippen LogP contribution in [0.4, 0.5) is 0 Å². The number of benzene rings is 1. The Morgan fingerprint density at radius 2 is 1.97 bits per heavy atom. The van der Waals surface area contributed by atoms with Crippen LogP contribution in [0.1, 0.15) is 18.9 Å². The lowest BCUT2D eigenvalue weighted by molar-refractivity contribution is -0.196. The lowest BCUT2D eigenvalue weighted by atomic mass is 9.88. The van der Waals surface area contributed by atoms with E-state index in [1.807, 2.05) is 30.3 Å². The van der Waals surface area contributed by atoms with Crippen molar-refractivity contribution in [1.29, 1.82) is 0 Å². The molecular formula is C24H27NO7. The number of ether oxygens (including phenoxy) is 4. The van der Waals surface area contributed by atoms with Crippen LogP contribution in [0.2, 0.25) is 0 Å². The van der Waals surface area contributed by atoms with Crippen molar-refractivity contribution >= 4 is 18.1 Å². The Balaban J connectivity index is 1.52. The molecule has 2 amide bonds. The van der Waals surface area contributed by atoms with Gasteiger partial charge in [-0.25, -0.2) is 0 Å². The van der Waals surface area contributed by atoms with Gasteiger partial charge in [0.25, 0.3) is 5.91 Å². The van der Waals surface area contributed by atoms with Gasteiger partial charge >= 0.3 is 0 Å². The molecule has 0 spiro atoms. The molecule has 3 heterocycles. The van der Waals surface area contributed by atoms with E-state index in [1.54, 1.807) is 19.1 Å². The summed E-state index contributed by atoms with van der Waals surface area (Å²) in [5.74, 6) is -1.67. The summed E-state index contributed by atoms with van der Waals surface area (Å²) in [6, 6.07) is 9.48. The number of imide groups is 1. The minimum absolute atomic E-state index is 0.182. The van der Waals surface area contributed by atoms with Gasteiger partial charge in [0.2, 0.25) is 5.91 Å². The van der Waals surface area contributed by atoms with Crippen molar-refractivity contribution in [2.24, 2.45) is 5.92 Å². The number of amides is 2.